The van der Waals surface area contributed by atoms with Gasteiger partial charge in [-0.25, -0.2) is 0 Å². The van der Waals surface area contributed by atoms with Crippen LogP contribution in [0, 0.1) is 0 Å². The molecule has 5 nitrogen and oxygen atoms in total. The summed E-state index contributed by atoms with van der Waals surface area (Å²) < 4.78 is 5.03. The number of phenols is 1. The van der Waals surface area contributed by atoms with Crippen molar-refractivity contribution in [3.63, 3.8) is 0 Å². The summed E-state index contributed by atoms with van der Waals surface area (Å²) in [5, 5.41) is 13.0. The highest BCUT2D eigenvalue weighted by atomic mass is 35.5. The van der Waals surface area contributed by atoms with Crippen LogP contribution in [0.15, 0.2) is 70.3 Å². The van der Waals surface area contributed by atoms with E-state index in [1.54, 1.807) is 48.5 Å². The van der Waals surface area contributed by atoms with Gasteiger partial charge in [0.05, 0.1) is 12.0 Å². The second kappa shape index (κ2) is 7.02. The second-order valence-electron chi connectivity index (χ2n) is 4.94. The third-order valence-corrected chi connectivity index (χ3v) is 3.45. The molecule has 0 aliphatic rings. The Morgan fingerprint density at radius 1 is 1.17 bits per heavy atom. The van der Waals surface area contributed by atoms with Gasteiger partial charge < -0.3 is 14.8 Å². The number of aliphatic imine (C=N–C) groups is 1. The van der Waals surface area contributed by atoms with Crippen molar-refractivity contribution >= 4 is 35.1 Å². The molecule has 1 amide bonds. The number of hydrogen-bond donors (Lipinski definition) is 2. The summed E-state index contributed by atoms with van der Waals surface area (Å²) in [5.41, 5.74) is 1.82. The van der Waals surface area contributed by atoms with Crippen LogP contribution in [0.2, 0.25) is 5.02 Å². The fourth-order valence-electron chi connectivity index (χ4n) is 2.00. The van der Waals surface area contributed by atoms with Crippen LogP contribution in [0.25, 0.3) is 0 Å². The zero-order chi connectivity index (χ0) is 16.9. The van der Waals surface area contributed by atoms with Crippen molar-refractivity contribution in [1.82, 2.24) is 0 Å². The molecular formula is C18H13ClN2O3. The number of carbonyl (C=O) groups is 1. The molecule has 3 rings (SSSR count). The first kappa shape index (κ1) is 15.8. The van der Waals surface area contributed by atoms with E-state index in [0.717, 1.165) is 0 Å². The third-order valence-electron chi connectivity index (χ3n) is 3.21. The van der Waals surface area contributed by atoms with Crippen molar-refractivity contribution in [1.29, 1.82) is 0 Å². The lowest BCUT2D eigenvalue weighted by molar-refractivity contribution is 0.0996. The van der Waals surface area contributed by atoms with Crippen LogP contribution in [0.1, 0.15) is 16.1 Å². The molecule has 0 saturated carbocycles. The third kappa shape index (κ3) is 3.83. The fraction of sp³-hybridized carbons (Fsp3) is 0. The summed E-state index contributed by atoms with van der Waals surface area (Å²) in [6, 6.07) is 14.9. The van der Waals surface area contributed by atoms with E-state index in [2.05, 4.69) is 10.3 Å². The number of nitrogens with zero attached hydrogens (tertiary/aromatic N) is 1. The van der Waals surface area contributed by atoms with Crippen LogP contribution in [0.3, 0.4) is 0 Å². The number of amides is 1. The molecule has 0 bridgehead atoms. The molecule has 2 aromatic carbocycles. The number of benzene rings is 2. The Kier molecular flexibility index (Phi) is 4.63. The van der Waals surface area contributed by atoms with Gasteiger partial charge in [-0.1, -0.05) is 11.6 Å². The van der Waals surface area contributed by atoms with Crippen LogP contribution < -0.4 is 5.32 Å². The lowest BCUT2D eigenvalue weighted by atomic mass is 10.2. The van der Waals surface area contributed by atoms with Crippen molar-refractivity contribution in [3.8, 4) is 5.75 Å². The van der Waals surface area contributed by atoms with E-state index in [1.165, 1.54) is 18.5 Å². The molecule has 0 spiro atoms. The Bertz CT molecular complexity index is 872. The van der Waals surface area contributed by atoms with Gasteiger partial charge in [0.2, 0.25) is 0 Å². The van der Waals surface area contributed by atoms with Gasteiger partial charge in [-0.15, -0.1) is 0 Å². The largest absolute Gasteiger partial charge is 0.507 e. The van der Waals surface area contributed by atoms with Gasteiger partial charge in [-0.05, 0) is 54.6 Å². The predicted molar refractivity (Wildman–Crippen MR) is 93.5 cm³/mol. The first-order valence-electron chi connectivity index (χ1n) is 7.09. The SMILES string of the molecule is O=C(Nc1ccc(N=Cc2cc(Cl)ccc2O)cc1)c1ccco1. The Hall–Kier alpha value is -3.05. The van der Waals surface area contributed by atoms with Crippen LogP contribution in [-0.2, 0) is 0 Å². The Morgan fingerprint density at radius 3 is 2.67 bits per heavy atom. The minimum Gasteiger partial charge on any atom is -0.507 e. The molecule has 120 valence electrons. The first-order valence-corrected chi connectivity index (χ1v) is 7.47. The molecular weight excluding hydrogens is 328 g/mol. The van der Waals surface area contributed by atoms with Crippen molar-refractivity contribution in [2.24, 2.45) is 4.99 Å². The van der Waals surface area contributed by atoms with Crippen molar-refractivity contribution < 1.29 is 14.3 Å². The number of phenolic OH excluding ortho intramolecular Hbond substituents is 1. The van der Waals surface area contributed by atoms with E-state index >= 15 is 0 Å². The average molecular weight is 341 g/mol. The molecule has 0 fully saturated rings. The van der Waals surface area contributed by atoms with E-state index < -0.39 is 0 Å². The average Bonchev–Trinajstić information content (AvgIpc) is 3.12. The highest BCUT2D eigenvalue weighted by Gasteiger charge is 2.08. The highest BCUT2D eigenvalue weighted by Crippen LogP contribution is 2.22. The number of rotatable bonds is 4. The molecule has 6 heteroatoms. The number of furan rings is 1. The van der Waals surface area contributed by atoms with Crippen LogP contribution in [0.4, 0.5) is 11.4 Å². The van der Waals surface area contributed by atoms with Crippen molar-refractivity contribution in [2.75, 3.05) is 5.32 Å². The quantitative estimate of drug-likeness (QED) is 0.679. The summed E-state index contributed by atoms with van der Waals surface area (Å²) in [4.78, 5) is 16.1. The van der Waals surface area contributed by atoms with Crippen LogP contribution in [-0.4, -0.2) is 17.2 Å². The van der Waals surface area contributed by atoms with Gasteiger partial charge in [0, 0.05) is 22.5 Å². The lowest BCUT2D eigenvalue weighted by Gasteiger charge is -2.03. The summed E-state index contributed by atoms with van der Waals surface area (Å²) >= 11 is 5.89. The Balaban J connectivity index is 1.69. The van der Waals surface area contributed by atoms with Gasteiger partial charge >= 0.3 is 0 Å². The predicted octanol–water partition coefficient (Wildman–Crippen LogP) is 4.64. The number of aromatic hydroxyl groups is 1. The first-order chi connectivity index (χ1) is 11.6. The van der Waals surface area contributed by atoms with E-state index in [0.29, 0.717) is 22.0 Å². The second-order valence-corrected chi connectivity index (χ2v) is 5.38. The van der Waals surface area contributed by atoms with Gasteiger partial charge in [-0.3, -0.25) is 9.79 Å². The molecule has 0 aliphatic carbocycles. The van der Waals surface area contributed by atoms with Crippen molar-refractivity contribution in [3.05, 3.63) is 77.2 Å². The lowest BCUT2D eigenvalue weighted by Crippen LogP contribution is -2.10. The maximum atomic E-state index is 11.9. The van der Waals surface area contributed by atoms with Gasteiger partial charge in [0.1, 0.15) is 5.75 Å². The summed E-state index contributed by atoms with van der Waals surface area (Å²) in [5.74, 6) is 0.0270. The molecule has 1 heterocycles. The Morgan fingerprint density at radius 2 is 1.96 bits per heavy atom. The van der Waals surface area contributed by atoms with Crippen LogP contribution in [0.5, 0.6) is 5.75 Å². The summed E-state index contributed by atoms with van der Waals surface area (Å²) in [6.07, 6.45) is 2.97. The number of anilines is 1. The molecule has 0 atom stereocenters. The number of halogens is 1. The normalized spacial score (nSPS) is 10.9. The molecule has 0 aliphatic heterocycles. The topological polar surface area (TPSA) is 74.8 Å². The minimum atomic E-state index is -0.319. The van der Waals surface area contributed by atoms with Crippen LogP contribution >= 0.6 is 11.6 Å². The highest BCUT2D eigenvalue weighted by molar-refractivity contribution is 6.30. The minimum absolute atomic E-state index is 0.102. The monoisotopic (exact) mass is 340 g/mol. The number of carbonyl (C=O) groups excluding carboxylic acids is 1. The molecule has 0 unspecified atom stereocenters. The molecule has 0 radical (unpaired) electrons. The zero-order valence-electron chi connectivity index (χ0n) is 12.4. The number of nitrogens with one attached hydrogen (secondary N) is 1. The maximum Gasteiger partial charge on any atom is 0.291 e. The molecule has 3 aromatic rings. The van der Waals surface area contributed by atoms with Gasteiger partial charge in [0.25, 0.3) is 5.91 Å². The smallest absolute Gasteiger partial charge is 0.291 e. The van der Waals surface area contributed by atoms with E-state index in [1.807, 2.05) is 0 Å². The molecule has 2 N–H and O–H groups in total. The van der Waals surface area contributed by atoms with E-state index in [-0.39, 0.29) is 17.4 Å². The molecule has 24 heavy (non-hydrogen) atoms. The zero-order valence-corrected chi connectivity index (χ0v) is 13.2. The van der Waals surface area contributed by atoms with Gasteiger partial charge in [0.15, 0.2) is 5.76 Å². The van der Waals surface area contributed by atoms with E-state index in [4.69, 9.17) is 16.0 Å². The fourth-order valence-corrected chi connectivity index (χ4v) is 2.18. The molecule has 1 aromatic heterocycles. The maximum absolute atomic E-state index is 11.9. The summed E-state index contributed by atoms with van der Waals surface area (Å²) in [7, 11) is 0. The number of hydrogen-bond acceptors (Lipinski definition) is 4. The summed E-state index contributed by atoms with van der Waals surface area (Å²) in [6.45, 7) is 0. The van der Waals surface area contributed by atoms with E-state index in [9.17, 15) is 9.90 Å². The Labute approximate surface area is 143 Å². The van der Waals surface area contributed by atoms with Gasteiger partial charge in [-0.2, -0.15) is 0 Å². The van der Waals surface area contributed by atoms with Crippen molar-refractivity contribution in [2.45, 2.75) is 0 Å². The standard InChI is InChI=1S/C18H13ClN2O3/c19-13-3-8-16(22)12(10-13)11-20-14-4-6-15(7-5-14)21-18(23)17-2-1-9-24-17/h1-11,22H,(H,21,23). The molecule has 0 saturated heterocycles.